The molecule has 0 fully saturated rings. The summed E-state index contributed by atoms with van der Waals surface area (Å²) in [7, 11) is 3.16. The minimum Gasteiger partial charge on any atom is -0.497 e. The third-order valence-corrected chi connectivity index (χ3v) is 6.86. The summed E-state index contributed by atoms with van der Waals surface area (Å²) in [6, 6.07) is 13.1. The van der Waals surface area contributed by atoms with Gasteiger partial charge < -0.3 is 29.5 Å². The molecular formula is C31H46N2O6. The molecule has 0 bridgehead atoms. The maximum absolute atomic E-state index is 13.3. The van der Waals surface area contributed by atoms with E-state index in [-0.39, 0.29) is 6.03 Å². The van der Waals surface area contributed by atoms with Crippen molar-refractivity contribution in [1.82, 2.24) is 4.90 Å². The summed E-state index contributed by atoms with van der Waals surface area (Å²) >= 11 is 0. The van der Waals surface area contributed by atoms with E-state index < -0.39 is 11.4 Å². The number of amides is 2. The number of rotatable bonds is 18. The molecule has 0 aliphatic heterocycles. The van der Waals surface area contributed by atoms with E-state index in [1.807, 2.05) is 29.2 Å². The van der Waals surface area contributed by atoms with Crippen molar-refractivity contribution >= 4 is 17.7 Å². The maximum atomic E-state index is 13.3. The predicted octanol–water partition coefficient (Wildman–Crippen LogP) is 7.02. The van der Waals surface area contributed by atoms with Gasteiger partial charge in [0.25, 0.3) is 0 Å². The highest BCUT2D eigenvalue weighted by Gasteiger charge is 2.26. The summed E-state index contributed by atoms with van der Waals surface area (Å²) < 4.78 is 16.5. The van der Waals surface area contributed by atoms with Gasteiger partial charge in [0.05, 0.1) is 31.9 Å². The van der Waals surface area contributed by atoms with Crippen molar-refractivity contribution in [3.63, 3.8) is 0 Å². The molecule has 0 atom stereocenters. The number of anilines is 1. The molecule has 0 saturated heterocycles. The van der Waals surface area contributed by atoms with Crippen molar-refractivity contribution in [2.75, 3.05) is 39.2 Å². The van der Waals surface area contributed by atoms with Gasteiger partial charge in [-0.25, -0.2) is 4.79 Å². The van der Waals surface area contributed by atoms with E-state index in [1.165, 1.54) is 19.3 Å². The Hall–Kier alpha value is -3.42. The molecule has 0 spiro atoms. The van der Waals surface area contributed by atoms with Gasteiger partial charge in [0.1, 0.15) is 17.2 Å². The second-order valence-corrected chi connectivity index (χ2v) is 10.4. The average molecular weight is 543 g/mol. The van der Waals surface area contributed by atoms with Gasteiger partial charge in [0.15, 0.2) is 0 Å². The maximum Gasteiger partial charge on any atom is 0.321 e. The van der Waals surface area contributed by atoms with Crippen molar-refractivity contribution in [2.45, 2.75) is 72.1 Å². The van der Waals surface area contributed by atoms with E-state index in [4.69, 9.17) is 14.2 Å². The Kier molecular flexibility index (Phi) is 13.5. The normalized spacial score (nSPS) is 11.1. The number of benzene rings is 2. The molecule has 216 valence electrons. The van der Waals surface area contributed by atoms with E-state index in [0.717, 1.165) is 30.6 Å². The highest BCUT2D eigenvalue weighted by Crippen LogP contribution is 2.29. The van der Waals surface area contributed by atoms with Gasteiger partial charge in [0, 0.05) is 19.2 Å². The predicted molar refractivity (Wildman–Crippen MR) is 155 cm³/mol. The summed E-state index contributed by atoms with van der Waals surface area (Å²) in [5.74, 6) is 1.17. The molecule has 0 unspecified atom stereocenters. The van der Waals surface area contributed by atoms with E-state index in [1.54, 1.807) is 46.3 Å². The number of carbonyl (C=O) groups excluding carboxylic acids is 1. The Morgan fingerprint density at radius 3 is 2.23 bits per heavy atom. The number of methoxy groups -OCH3 is 2. The summed E-state index contributed by atoms with van der Waals surface area (Å²) in [4.78, 5) is 26.4. The number of aliphatic carboxylic acids is 1. The van der Waals surface area contributed by atoms with Crippen LogP contribution in [0.4, 0.5) is 10.5 Å². The number of nitrogens with zero attached hydrogens (tertiary/aromatic N) is 1. The van der Waals surface area contributed by atoms with Gasteiger partial charge in [-0.15, -0.1) is 0 Å². The number of nitrogens with one attached hydrogen (secondary N) is 1. The molecule has 0 aliphatic carbocycles. The lowest BCUT2D eigenvalue weighted by molar-refractivity contribution is -0.147. The first-order chi connectivity index (χ1) is 18.7. The zero-order valence-corrected chi connectivity index (χ0v) is 24.3. The van der Waals surface area contributed by atoms with Gasteiger partial charge in [0.2, 0.25) is 0 Å². The molecule has 2 N–H and O–H groups in total. The number of hydrogen-bond donors (Lipinski definition) is 2. The standard InChI is InChI=1S/C31H46N2O6/c1-6-7-8-9-10-20-33(30(36)32-27-17-16-26(37-4)23-28(27)38-5)21-18-24-12-14-25(15-13-24)39-22-11-19-31(2,3)29(34)35/h12-17,23H,6-11,18-22H2,1-5H3,(H,32,36)(H,34,35). The molecule has 39 heavy (non-hydrogen) atoms. The lowest BCUT2D eigenvalue weighted by Gasteiger charge is -2.24. The van der Waals surface area contributed by atoms with Crippen LogP contribution in [0.2, 0.25) is 0 Å². The third-order valence-electron chi connectivity index (χ3n) is 6.86. The second kappa shape index (κ2) is 16.5. The van der Waals surface area contributed by atoms with Gasteiger partial charge >= 0.3 is 12.0 Å². The van der Waals surface area contributed by atoms with Crippen LogP contribution in [0.5, 0.6) is 17.2 Å². The lowest BCUT2D eigenvalue weighted by atomic mass is 9.88. The van der Waals surface area contributed by atoms with Crippen LogP contribution < -0.4 is 19.5 Å². The monoisotopic (exact) mass is 542 g/mol. The first-order valence-corrected chi connectivity index (χ1v) is 13.9. The highest BCUT2D eigenvalue weighted by atomic mass is 16.5. The number of hydrogen-bond acceptors (Lipinski definition) is 5. The first kappa shape index (κ1) is 31.8. The topological polar surface area (TPSA) is 97.3 Å². The fourth-order valence-corrected chi connectivity index (χ4v) is 4.14. The smallest absolute Gasteiger partial charge is 0.321 e. The Labute approximate surface area is 233 Å². The van der Waals surface area contributed by atoms with Crippen molar-refractivity contribution in [3.05, 3.63) is 48.0 Å². The molecule has 2 amide bonds. The van der Waals surface area contributed by atoms with Crippen LogP contribution in [-0.2, 0) is 11.2 Å². The number of ether oxygens (including phenoxy) is 3. The van der Waals surface area contributed by atoms with Crippen LogP contribution >= 0.6 is 0 Å². The number of urea groups is 1. The van der Waals surface area contributed by atoms with E-state index in [2.05, 4.69) is 12.2 Å². The van der Waals surface area contributed by atoms with Crippen LogP contribution in [-0.4, -0.2) is 55.9 Å². The molecule has 0 radical (unpaired) electrons. The SMILES string of the molecule is CCCCCCCN(CCc1ccc(OCCCC(C)(C)C(=O)O)cc1)C(=O)Nc1ccc(OC)cc1OC. The molecule has 8 nitrogen and oxygen atoms in total. The largest absolute Gasteiger partial charge is 0.497 e. The number of unbranched alkanes of at least 4 members (excludes halogenated alkanes) is 4. The fraction of sp³-hybridized carbons (Fsp3) is 0.548. The lowest BCUT2D eigenvalue weighted by Crippen LogP contribution is -2.37. The van der Waals surface area contributed by atoms with Gasteiger partial charge in [-0.2, -0.15) is 0 Å². The third kappa shape index (κ3) is 11.1. The summed E-state index contributed by atoms with van der Waals surface area (Å²) in [6.07, 6.45) is 7.56. The highest BCUT2D eigenvalue weighted by molar-refractivity contribution is 5.91. The molecule has 0 saturated carbocycles. The van der Waals surface area contributed by atoms with E-state index in [9.17, 15) is 14.7 Å². The average Bonchev–Trinajstić information content (AvgIpc) is 2.93. The van der Waals surface area contributed by atoms with Crippen molar-refractivity contribution in [1.29, 1.82) is 0 Å². The Bertz CT molecular complexity index is 1020. The Morgan fingerprint density at radius 1 is 0.897 bits per heavy atom. The molecular weight excluding hydrogens is 496 g/mol. The summed E-state index contributed by atoms with van der Waals surface area (Å²) in [5.41, 5.74) is 0.965. The molecule has 0 aromatic heterocycles. The first-order valence-electron chi connectivity index (χ1n) is 13.9. The van der Waals surface area contributed by atoms with Crippen LogP contribution in [0.15, 0.2) is 42.5 Å². The quantitative estimate of drug-likeness (QED) is 0.197. The van der Waals surface area contributed by atoms with Crippen LogP contribution in [0.3, 0.4) is 0 Å². The van der Waals surface area contributed by atoms with Gasteiger partial charge in [-0.05, 0) is 69.4 Å². The number of carboxylic acid groups (broad SMARTS) is 1. The van der Waals surface area contributed by atoms with Crippen molar-refractivity contribution in [3.8, 4) is 17.2 Å². The zero-order valence-electron chi connectivity index (χ0n) is 24.3. The molecule has 2 rings (SSSR count). The molecule has 2 aromatic rings. The van der Waals surface area contributed by atoms with Crippen molar-refractivity contribution in [2.24, 2.45) is 5.41 Å². The number of carbonyl (C=O) groups is 2. The number of carboxylic acids is 1. The molecule has 2 aromatic carbocycles. The molecule has 0 aliphatic rings. The van der Waals surface area contributed by atoms with Crippen LogP contribution in [0.1, 0.15) is 71.3 Å². The van der Waals surface area contributed by atoms with E-state index in [0.29, 0.717) is 49.7 Å². The fourth-order valence-electron chi connectivity index (χ4n) is 4.14. The van der Waals surface area contributed by atoms with Crippen LogP contribution in [0, 0.1) is 5.41 Å². The second-order valence-electron chi connectivity index (χ2n) is 10.4. The van der Waals surface area contributed by atoms with Crippen molar-refractivity contribution < 1.29 is 28.9 Å². The summed E-state index contributed by atoms with van der Waals surface area (Å²) in [5, 5.41) is 12.2. The van der Waals surface area contributed by atoms with Crippen LogP contribution in [0.25, 0.3) is 0 Å². The minimum atomic E-state index is -0.793. The Morgan fingerprint density at radius 2 is 1.59 bits per heavy atom. The Balaban J connectivity index is 1.95. The minimum absolute atomic E-state index is 0.154. The summed E-state index contributed by atoms with van der Waals surface area (Å²) in [6.45, 7) is 7.39. The molecule has 8 heteroatoms. The zero-order chi connectivity index (χ0) is 28.7. The van der Waals surface area contributed by atoms with Gasteiger partial charge in [-0.3, -0.25) is 4.79 Å². The van der Waals surface area contributed by atoms with Gasteiger partial charge in [-0.1, -0.05) is 44.7 Å². The molecule has 0 heterocycles. The van der Waals surface area contributed by atoms with E-state index >= 15 is 0 Å².